The summed E-state index contributed by atoms with van der Waals surface area (Å²) in [6.45, 7) is 0. The third-order valence-corrected chi connectivity index (χ3v) is 5.23. The van der Waals surface area contributed by atoms with Crippen molar-refractivity contribution in [2.45, 2.75) is 18.6 Å². The number of carbonyl (C=O) groups excluding carboxylic acids is 1. The van der Waals surface area contributed by atoms with Crippen LogP contribution >= 0.6 is 0 Å². The Balaban J connectivity index is 1.74. The molecule has 0 N–H and O–H groups in total. The molecule has 1 spiro atoms. The third-order valence-electron chi connectivity index (χ3n) is 5.23. The number of hydrogen-bond donors (Lipinski definition) is 0. The van der Waals surface area contributed by atoms with Crippen molar-refractivity contribution in [2.75, 3.05) is 12.0 Å². The van der Waals surface area contributed by atoms with Gasteiger partial charge in [-0.2, -0.15) is 13.2 Å². The molecule has 3 atom stereocenters. The van der Waals surface area contributed by atoms with Crippen molar-refractivity contribution < 1.29 is 22.7 Å². The monoisotopic (exact) mass is 347 g/mol. The average Bonchev–Trinajstić information content (AvgIpc) is 3.39. The van der Waals surface area contributed by atoms with Crippen LogP contribution in [0.1, 0.15) is 18.0 Å². The second kappa shape index (κ2) is 5.25. The summed E-state index contributed by atoms with van der Waals surface area (Å²) in [6.07, 6.45) is -4.49. The van der Waals surface area contributed by atoms with Crippen molar-refractivity contribution in [1.82, 2.24) is 0 Å². The highest BCUT2D eigenvalue weighted by molar-refractivity contribution is 6.08. The van der Waals surface area contributed by atoms with Crippen LogP contribution in [0, 0.1) is 11.3 Å². The number of nitrogens with zero attached hydrogens (tertiary/aromatic N) is 1. The molecule has 2 aromatic carbocycles. The van der Waals surface area contributed by atoms with E-state index in [1.807, 2.05) is 6.07 Å². The fraction of sp³-hybridized carbons (Fsp3) is 0.316. The molecule has 1 amide bonds. The minimum atomic E-state index is -4.35. The number of alkyl halides is 3. The Labute approximate surface area is 143 Å². The lowest BCUT2D eigenvalue weighted by Gasteiger charge is -2.49. The molecule has 1 saturated heterocycles. The first-order valence-corrected chi connectivity index (χ1v) is 7.99. The van der Waals surface area contributed by atoms with E-state index in [1.54, 1.807) is 48.5 Å². The quantitative estimate of drug-likeness (QED) is 0.773. The maximum Gasteiger partial charge on any atom is 0.392 e. The molecule has 1 unspecified atom stereocenters. The number of carbonyl (C=O) groups is 1. The summed E-state index contributed by atoms with van der Waals surface area (Å²) < 4.78 is 44.9. The highest BCUT2D eigenvalue weighted by atomic mass is 19.4. The van der Waals surface area contributed by atoms with Gasteiger partial charge in [-0.05, 0) is 36.2 Å². The topological polar surface area (TPSA) is 29.5 Å². The fourth-order valence-corrected chi connectivity index (χ4v) is 3.94. The maximum absolute atomic E-state index is 13.3. The van der Waals surface area contributed by atoms with Gasteiger partial charge in [0.2, 0.25) is 5.91 Å². The lowest BCUT2D eigenvalue weighted by atomic mass is 9.76. The van der Waals surface area contributed by atoms with Gasteiger partial charge in [-0.15, -0.1) is 0 Å². The zero-order valence-electron chi connectivity index (χ0n) is 13.5. The third kappa shape index (κ3) is 2.23. The standard InChI is InChI=1S/C19H16F3NO2/c1-25-14-9-7-13(8-10-14)23-16(12-5-3-2-4-6-12)18(17(23)24)11-15(18)19(20,21)22/h2-10,15-16H,11H2,1H3/t15?,16-,18-/m1/s1. The van der Waals surface area contributed by atoms with Crippen molar-refractivity contribution in [2.24, 2.45) is 11.3 Å². The Morgan fingerprint density at radius 1 is 1.08 bits per heavy atom. The van der Waals surface area contributed by atoms with Crippen LogP contribution in [0.5, 0.6) is 5.75 Å². The highest BCUT2D eigenvalue weighted by Gasteiger charge is 2.81. The first kappa shape index (κ1) is 16.0. The molecular weight excluding hydrogens is 331 g/mol. The van der Waals surface area contributed by atoms with E-state index in [9.17, 15) is 18.0 Å². The number of benzene rings is 2. The molecule has 2 fully saturated rings. The maximum atomic E-state index is 13.3. The summed E-state index contributed by atoms with van der Waals surface area (Å²) in [5, 5.41) is 0. The molecule has 130 valence electrons. The minimum Gasteiger partial charge on any atom is -0.497 e. The highest BCUT2D eigenvalue weighted by Crippen LogP contribution is 2.73. The van der Waals surface area contributed by atoms with Gasteiger partial charge < -0.3 is 9.64 Å². The van der Waals surface area contributed by atoms with E-state index in [0.29, 0.717) is 11.4 Å². The van der Waals surface area contributed by atoms with Crippen LogP contribution < -0.4 is 9.64 Å². The van der Waals surface area contributed by atoms with Gasteiger partial charge in [-0.1, -0.05) is 30.3 Å². The predicted octanol–water partition coefficient (Wildman–Crippen LogP) is 4.35. The summed E-state index contributed by atoms with van der Waals surface area (Å²) in [6, 6.07) is 15.1. The number of β-lactam (4-membered cyclic amide) rings is 1. The number of methoxy groups -OCH3 is 1. The second-order valence-corrected chi connectivity index (χ2v) is 6.53. The van der Waals surface area contributed by atoms with Gasteiger partial charge in [0.15, 0.2) is 0 Å². The van der Waals surface area contributed by atoms with E-state index in [4.69, 9.17) is 4.74 Å². The number of halogens is 3. The molecule has 0 radical (unpaired) electrons. The first-order chi connectivity index (χ1) is 11.9. The van der Waals surface area contributed by atoms with Gasteiger partial charge in [-0.25, -0.2) is 0 Å². The minimum absolute atomic E-state index is 0.137. The Kier molecular flexibility index (Phi) is 3.36. The number of rotatable bonds is 3. The van der Waals surface area contributed by atoms with Gasteiger partial charge in [-0.3, -0.25) is 4.79 Å². The Bertz CT molecular complexity index is 804. The van der Waals surface area contributed by atoms with Crippen LogP contribution in [0.3, 0.4) is 0 Å². The van der Waals surface area contributed by atoms with Crippen molar-refractivity contribution in [3.8, 4) is 5.75 Å². The van der Waals surface area contributed by atoms with E-state index >= 15 is 0 Å². The van der Waals surface area contributed by atoms with Crippen LogP contribution in [0.15, 0.2) is 54.6 Å². The van der Waals surface area contributed by atoms with Crippen molar-refractivity contribution in [3.05, 3.63) is 60.2 Å². The Morgan fingerprint density at radius 2 is 1.72 bits per heavy atom. The molecule has 1 aliphatic carbocycles. The molecule has 1 heterocycles. The Morgan fingerprint density at radius 3 is 2.24 bits per heavy atom. The SMILES string of the molecule is COc1ccc(N2C(=O)[C@@]3(CC3C(F)(F)F)[C@H]2c2ccccc2)cc1. The van der Waals surface area contributed by atoms with Crippen LogP contribution in [-0.2, 0) is 4.79 Å². The van der Waals surface area contributed by atoms with E-state index < -0.39 is 29.5 Å². The second-order valence-electron chi connectivity index (χ2n) is 6.53. The molecule has 2 aromatic rings. The molecule has 1 aliphatic heterocycles. The molecule has 2 aliphatic rings. The molecule has 3 nitrogen and oxygen atoms in total. The van der Waals surface area contributed by atoms with Crippen LogP contribution in [0.4, 0.5) is 18.9 Å². The van der Waals surface area contributed by atoms with Gasteiger partial charge in [0.1, 0.15) is 5.75 Å². The summed E-state index contributed by atoms with van der Waals surface area (Å²) in [5.41, 5.74) is -0.0396. The molecule has 6 heteroatoms. The lowest BCUT2D eigenvalue weighted by molar-refractivity contribution is -0.168. The van der Waals surface area contributed by atoms with Crippen LogP contribution in [-0.4, -0.2) is 19.2 Å². The summed E-state index contributed by atoms with van der Waals surface area (Å²) >= 11 is 0. The number of hydrogen-bond acceptors (Lipinski definition) is 2. The zero-order valence-corrected chi connectivity index (χ0v) is 13.5. The lowest BCUT2D eigenvalue weighted by Crippen LogP contribution is -2.59. The smallest absolute Gasteiger partial charge is 0.392 e. The van der Waals surface area contributed by atoms with Crippen molar-refractivity contribution in [3.63, 3.8) is 0 Å². The van der Waals surface area contributed by atoms with Gasteiger partial charge in [0.05, 0.1) is 24.5 Å². The molecular formula is C19H16F3NO2. The molecule has 1 saturated carbocycles. The fourth-order valence-electron chi connectivity index (χ4n) is 3.94. The summed E-state index contributed by atoms with van der Waals surface area (Å²) in [4.78, 5) is 14.2. The van der Waals surface area contributed by atoms with Crippen molar-refractivity contribution in [1.29, 1.82) is 0 Å². The average molecular weight is 347 g/mol. The largest absolute Gasteiger partial charge is 0.497 e. The molecule has 25 heavy (non-hydrogen) atoms. The van der Waals surface area contributed by atoms with Gasteiger partial charge in [0.25, 0.3) is 0 Å². The van der Waals surface area contributed by atoms with E-state index in [2.05, 4.69) is 0 Å². The predicted molar refractivity (Wildman–Crippen MR) is 86.3 cm³/mol. The van der Waals surface area contributed by atoms with Crippen molar-refractivity contribution >= 4 is 11.6 Å². The zero-order chi connectivity index (χ0) is 17.8. The summed E-state index contributed by atoms with van der Waals surface area (Å²) in [7, 11) is 1.53. The van der Waals surface area contributed by atoms with E-state index in [-0.39, 0.29) is 6.42 Å². The molecule has 0 bridgehead atoms. The van der Waals surface area contributed by atoms with E-state index in [0.717, 1.165) is 5.56 Å². The molecule has 0 aromatic heterocycles. The van der Waals surface area contributed by atoms with E-state index in [1.165, 1.54) is 12.0 Å². The number of amides is 1. The van der Waals surface area contributed by atoms with Crippen LogP contribution in [0.25, 0.3) is 0 Å². The Hall–Kier alpha value is -2.50. The number of ether oxygens (including phenoxy) is 1. The van der Waals surface area contributed by atoms with Gasteiger partial charge >= 0.3 is 6.18 Å². The molecule has 4 rings (SSSR count). The first-order valence-electron chi connectivity index (χ1n) is 7.99. The van der Waals surface area contributed by atoms with Gasteiger partial charge in [0, 0.05) is 5.69 Å². The normalized spacial score (nSPS) is 28.0. The number of anilines is 1. The van der Waals surface area contributed by atoms with Crippen LogP contribution in [0.2, 0.25) is 0 Å². The summed E-state index contributed by atoms with van der Waals surface area (Å²) in [5.74, 6) is -1.39.